The molecule has 1 heterocycles. The molecule has 0 aliphatic carbocycles. The van der Waals surface area contributed by atoms with Gasteiger partial charge in [0.2, 0.25) is 0 Å². The minimum absolute atomic E-state index is 0.175. The Morgan fingerprint density at radius 1 is 1.22 bits per heavy atom. The molecular formula is C19H32N2O2. The van der Waals surface area contributed by atoms with Crippen LogP contribution in [0, 0.1) is 0 Å². The number of nitrogens with zero attached hydrogens (tertiary/aromatic N) is 2. The highest BCUT2D eigenvalue weighted by atomic mass is 16.5. The van der Waals surface area contributed by atoms with Crippen LogP contribution >= 0.6 is 0 Å². The van der Waals surface area contributed by atoms with Crippen molar-refractivity contribution >= 4 is 0 Å². The molecule has 0 saturated carbocycles. The van der Waals surface area contributed by atoms with Gasteiger partial charge in [0.05, 0.1) is 12.2 Å². The average molecular weight is 320 g/mol. The Kier molecular flexibility index (Phi) is 6.88. The Morgan fingerprint density at radius 2 is 1.83 bits per heavy atom. The van der Waals surface area contributed by atoms with E-state index in [0.29, 0.717) is 6.04 Å². The third kappa shape index (κ3) is 5.79. The molecule has 1 aliphatic heterocycles. The molecular weight excluding hydrogens is 288 g/mol. The summed E-state index contributed by atoms with van der Waals surface area (Å²) in [7, 11) is 4.37. The Hall–Kier alpha value is -1.10. The molecule has 1 atom stereocenters. The second-order valence-electron chi connectivity index (χ2n) is 7.06. The van der Waals surface area contributed by atoms with E-state index in [-0.39, 0.29) is 6.10 Å². The van der Waals surface area contributed by atoms with Gasteiger partial charge in [-0.15, -0.1) is 0 Å². The number of piperidine rings is 1. The molecule has 130 valence electrons. The maximum atomic E-state index is 10.4. The standard InChI is InChI=1S/C19H32N2O2/c1-15(2)23-18-7-5-16(6-8-18)19(22)11-14-21(4)17-9-12-20(3)13-10-17/h5-8,15,17,19,22H,9-14H2,1-4H3. The Morgan fingerprint density at radius 3 is 2.39 bits per heavy atom. The second-order valence-corrected chi connectivity index (χ2v) is 7.06. The molecule has 1 aromatic carbocycles. The SMILES string of the molecule is CC(C)Oc1ccc(C(O)CCN(C)C2CCN(C)CC2)cc1. The number of rotatable bonds is 7. The summed E-state index contributed by atoms with van der Waals surface area (Å²) in [6.45, 7) is 7.31. The highest BCUT2D eigenvalue weighted by Gasteiger charge is 2.21. The first-order valence-corrected chi connectivity index (χ1v) is 8.79. The number of hydrogen-bond acceptors (Lipinski definition) is 4. The minimum atomic E-state index is -0.406. The van der Waals surface area contributed by atoms with Gasteiger partial charge in [0, 0.05) is 12.6 Å². The third-order valence-electron chi connectivity index (χ3n) is 4.70. The quantitative estimate of drug-likeness (QED) is 0.838. The number of benzene rings is 1. The molecule has 0 amide bonds. The van der Waals surface area contributed by atoms with Gasteiger partial charge in [-0.1, -0.05) is 12.1 Å². The topological polar surface area (TPSA) is 35.9 Å². The number of ether oxygens (including phenoxy) is 1. The number of hydrogen-bond donors (Lipinski definition) is 1. The van der Waals surface area contributed by atoms with Gasteiger partial charge in [0.25, 0.3) is 0 Å². The first-order valence-electron chi connectivity index (χ1n) is 8.79. The molecule has 1 unspecified atom stereocenters. The van der Waals surface area contributed by atoms with Crippen LogP contribution in [0.4, 0.5) is 0 Å². The van der Waals surface area contributed by atoms with Crippen molar-refractivity contribution in [3.8, 4) is 5.75 Å². The zero-order chi connectivity index (χ0) is 16.8. The maximum Gasteiger partial charge on any atom is 0.119 e. The van der Waals surface area contributed by atoms with E-state index in [4.69, 9.17) is 4.74 Å². The lowest BCUT2D eigenvalue weighted by Crippen LogP contribution is -2.42. The van der Waals surface area contributed by atoms with E-state index >= 15 is 0 Å². The van der Waals surface area contributed by atoms with E-state index in [1.165, 1.54) is 25.9 Å². The fourth-order valence-corrected chi connectivity index (χ4v) is 3.15. The normalized spacial score (nSPS) is 18.6. The van der Waals surface area contributed by atoms with E-state index in [0.717, 1.165) is 24.3 Å². The predicted octanol–water partition coefficient (Wildman–Crippen LogP) is 2.92. The summed E-state index contributed by atoms with van der Waals surface area (Å²) in [5.41, 5.74) is 0.970. The zero-order valence-electron chi connectivity index (χ0n) is 15.0. The lowest BCUT2D eigenvalue weighted by Gasteiger charge is -2.35. The molecule has 0 radical (unpaired) electrons. The van der Waals surface area contributed by atoms with Gasteiger partial charge >= 0.3 is 0 Å². The van der Waals surface area contributed by atoms with Crippen molar-refractivity contribution in [1.82, 2.24) is 9.80 Å². The minimum Gasteiger partial charge on any atom is -0.491 e. The lowest BCUT2D eigenvalue weighted by atomic mass is 10.0. The molecule has 0 spiro atoms. The summed E-state index contributed by atoms with van der Waals surface area (Å²) in [6.07, 6.45) is 2.99. The molecule has 1 N–H and O–H groups in total. The Labute approximate surface area is 141 Å². The van der Waals surface area contributed by atoms with Crippen LogP contribution in [0.25, 0.3) is 0 Å². The molecule has 2 rings (SSSR count). The first kappa shape index (κ1) is 18.2. The van der Waals surface area contributed by atoms with Crippen molar-refractivity contribution in [3.05, 3.63) is 29.8 Å². The van der Waals surface area contributed by atoms with Crippen molar-refractivity contribution in [2.24, 2.45) is 0 Å². The summed E-state index contributed by atoms with van der Waals surface area (Å²) >= 11 is 0. The van der Waals surface area contributed by atoms with Gasteiger partial charge in [-0.05, 0) is 78.0 Å². The van der Waals surface area contributed by atoms with Crippen molar-refractivity contribution in [2.75, 3.05) is 33.7 Å². The summed E-state index contributed by atoms with van der Waals surface area (Å²) in [5, 5.41) is 10.4. The smallest absolute Gasteiger partial charge is 0.119 e. The van der Waals surface area contributed by atoms with Crippen LogP contribution in [-0.2, 0) is 0 Å². The second kappa shape index (κ2) is 8.67. The molecule has 1 aliphatic rings. The largest absolute Gasteiger partial charge is 0.491 e. The molecule has 0 aromatic heterocycles. The highest BCUT2D eigenvalue weighted by molar-refractivity contribution is 5.28. The van der Waals surface area contributed by atoms with Crippen molar-refractivity contribution in [2.45, 2.75) is 51.4 Å². The first-order chi connectivity index (χ1) is 11.0. The van der Waals surface area contributed by atoms with Gasteiger partial charge in [-0.25, -0.2) is 0 Å². The van der Waals surface area contributed by atoms with Crippen LogP contribution in [0.15, 0.2) is 24.3 Å². The zero-order valence-corrected chi connectivity index (χ0v) is 15.0. The van der Waals surface area contributed by atoms with Crippen LogP contribution in [0.3, 0.4) is 0 Å². The summed E-state index contributed by atoms with van der Waals surface area (Å²) in [5.74, 6) is 0.861. The summed E-state index contributed by atoms with van der Waals surface area (Å²) in [6, 6.07) is 8.48. The molecule has 4 heteroatoms. The molecule has 4 nitrogen and oxygen atoms in total. The predicted molar refractivity (Wildman–Crippen MR) is 94.9 cm³/mol. The summed E-state index contributed by atoms with van der Waals surface area (Å²) in [4.78, 5) is 4.80. The van der Waals surface area contributed by atoms with E-state index in [2.05, 4.69) is 23.9 Å². The molecule has 23 heavy (non-hydrogen) atoms. The van der Waals surface area contributed by atoms with Gasteiger partial charge in [0.1, 0.15) is 5.75 Å². The van der Waals surface area contributed by atoms with Crippen molar-refractivity contribution in [3.63, 3.8) is 0 Å². The molecule has 1 saturated heterocycles. The molecule has 1 fully saturated rings. The molecule has 1 aromatic rings. The molecule has 0 bridgehead atoms. The van der Waals surface area contributed by atoms with Crippen LogP contribution in [0.2, 0.25) is 0 Å². The van der Waals surface area contributed by atoms with E-state index in [9.17, 15) is 5.11 Å². The van der Waals surface area contributed by atoms with E-state index in [1.807, 2.05) is 38.1 Å². The van der Waals surface area contributed by atoms with Crippen molar-refractivity contribution < 1.29 is 9.84 Å². The van der Waals surface area contributed by atoms with Crippen molar-refractivity contribution in [1.29, 1.82) is 0 Å². The van der Waals surface area contributed by atoms with Gasteiger partial charge in [0.15, 0.2) is 0 Å². The average Bonchev–Trinajstić information content (AvgIpc) is 2.53. The van der Waals surface area contributed by atoms with Gasteiger partial charge < -0.3 is 19.6 Å². The van der Waals surface area contributed by atoms with Crippen LogP contribution < -0.4 is 4.74 Å². The van der Waals surface area contributed by atoms with Crippen LogP contribution in [-0.4, -0.2) is 60.8 Å². The Bertz CT molecular complexity index is 453. The van der Waals surface area contributed by atoms with E-state index in [1.54, 1.807) is 0 Å². The number of likely N-dealkylation sites (tertiary alicyclic amines) is 1. The van der Waals surface area contributed by atoms with Gasteiger partial charge in [-0.3, -0.25) is 0 Å². The third-order valence-corrected chi connectivity index (χ3v) is 4.70. The maximum absolute atomic E-state index is 10.4. The number of aliphatic hydroxyl groups is 1. The highest BCUT2D eigenvalue weighted by Crippen LogP contribution is 2.22. The lowest BCUT2D eigenvalue weighted by molar-refractivity contribution is 0.110. The van der Waals surface area contributed by atoms with Gasteiger partial charge in [-0.2, -0.15) is 0 Å². The Balaban J connectivity index is 1.78. The fourth-order valence-electron chi connectivity index (χ4n) is 3.15. The van der Waals surface area contributed by atoms with Crippen LogP contribution in [0.5, 0.6) is 5.75 Å². The monoisotopic (exact) mass is 320 g/mol. The number of aliphatic hydroxyl groups excluding tert-OH is 1. The van der Waals surface area contributed by atoms with Crippen LogP contribution in [0.1, 0.15) is 44.8 Å². The fraction of sp³-hybridized carbons (Fsp3) is 0.684. The summed E-state index contributed by atoms with van der Waals surface area (Å²) < 4.78 is 5.64. The van der Waals surface area contributed by atoms with E-state index < -0.39 is 6.10 Å².